The number of halogens is 2. The fraction of sp³-hybridized carbons (Fsp3) is 0.286. The summed E-state index contributed by atoms with van der Waals surface area (Å²) in [6.07, 6.45) is 1.67. The zero-order chi connectivity index (χ0) is 9.42. The molecule has 0 radical (unpaired) electrons. The average Bonchev–Trinajstić information content (AvgIpc) is 2.47. The fourth-order valence-corrected chi connectivity index (χ4v) is 1.54. The van der Waals surface area contributed by atoms with Crippen LogP contribution in [0.1, 0.15) is 6.92 Å². The Morgan fingerprint density at radius 2 is 2.15 bits per heavy atom. The molecule has 68 valence electrons. The predicted molar refractivity (Wildman–Crippen MR) is 51.0 cm³/mol. The molecule has 2 rings (SSSR count). The quantitative estimate of drug-likeness (QED) is 0.543. The minimum absolute atomic E-state index is 0.146. The van der Waals surface area contributed by atoms with Gasteiger partial charge in [-0.25, -0.2) is 9.97 Å². The van der Waals surface area contributed by atoms with E-state index in [0.717, 1.165) is 6.54 Å². The van der Waals surface area contributed by atoms with Gasteiger partial charge in [0.2, 0.25) is 5.28 Å². The van der Waals surface area contributed by atoms with Gasteiger partial charge in [-0.3, -0.25) is 0 Å². The number of nitrogens with zero attached hydrogens (tertiary/aromatic N) is 4. The Morgan fingerprint density at radius 1 is 1.38 bits per heavy atom. The van der Waals surface area contributed by atoms with Crippen molar-refractivity contribution in [2.75, 3.05) is 0 Å². The van der Waals surface area contributed by atoms with Crippen molar-refractivity contribution in [3.05, 3.63) is 16.8 Å². The van der Waals surface area contributed by atoms with Crippen molar-refractivity contribution in [3.8, 4) is 0 Å². The molecule has 0 aliphatic heterocycles. The van der Waals surface area contributed by atoms with E-state index in [2.05, 4.69) is 15.0 Å². The first-order valence-corrected chi connectivity index (χ1v) is 4.52. The first kappa shape index (κ1) is 8.72. The summed E-state index contributed by atoms with van der Waals surface area (Å²) in [7, 11) is 0. The maximum Gasteiger partial charge on any atom is 0.225 e. The van der Waals surface area contributed by atoms with Gasteiger partial charge in [0.1, 0.15) is 5.52 Å². The summed E-state index contributed by atoms with van der Waals surface area (Å²) >= 11 is 11.5. The molecule has 4 nitrogen and oxygen atoms in total. The van der Waals surface area contributed by atoms with Crippen LogP contribution in [0.2, 0.25) is 10.4 Å². The van der Waals surface area contributed by atoms with Crippen LogP contribution in [0.25, 0.3) is 11.2 Å². The highest BCUT2D eigenvalue weighted by molar-refractivity contribution is 6.35. The van der Waals surface area contributed by atoms with Crippen molar-refractivity contribution in [2.45, 2.75) is 13.5 Å². The van der Waals surface area contributed by atoms with Crippen LogP contribution in [-0.4, -0.2) is 19.5 Å². The number of imidazole rings is 1. The molecule has 0 aromatic carbocycles. The monoisotopic (exact) mass is 216 g/mol. The summed E-state index contributed by atoms with van der Waals surface area (Å²) in [5.74, 6) is 0. The standard InChI is InChI=1S/C7H6Cl2N4/c1-2-13-3-10-4-5(8)11-7(9)12-6(4)13/h3H,2H2,1H3. The van der Waals surface area contributed by atoms with Gasteiger partial charge in [0.05, 0.1) is 6.33 Å². The number of aromatic nitrogens is 4. The van der Waals surface area contributed by atoms with E-state index in [1.807, 2.05) is 11.5 Å². The molecule has 0 amide bonds. The van der Waals surface area contributed by atoms with E-state index in [9.17, 15) is 0 Å². The van der Waals surface area contributed by atoms with Gasteiger partial charge in [-0.05, 0) is 18.5 Å². The van der Waals surface area contributed by atoms with E-state index in [-0.39, 0.29) is 5.28 Å². The van der Waals surface area contributed by atoms with Gasteiger partial charge in [0.25, 0.3) is 0 Å². The van der Waals surface area contributed by atoms with Gasteiger partial charge < -0.3 is 4.57 Å². The smallest absolute Gasteiger partial charge is 0.225 e. The molecule has 0 N–H and O–H groups in total. The van der Waals surface area contributed by atoms with E-state index in [1.54, 1.807) is 6.33 Å². The molecule has 13 heavy (non-hydrogen) atoms. The Hall–Kier alpha value is -0.870. The van der Waals surface area contributed by atoms with Crippen molar-refractivity contribution < 1.29 is 0 Å². The Labute approximate surface area is 84.5 Å². The molecule has 2 aromatic heterocycles. The van der Waals surface area contributed by atoms with Gasteiger partial charge in [0, 0.05) is 6.54 Å². The maximum absolute atomic E-state index is 5.82. The Bertz CT molecular complexity index is 451. The average molecular weight is 217 g/mol. The zero-order valence-corrected chi connectivity index (χ0v) is 8.34. The number of hydrogen-bond donors (Lipinski definition) is 0. The first-order valence-electron chi connectivity index (χ1n) is 3.76. The van der Waals surface area contributed by atoms with Crippen LogP contribution < -0.4 is 0 Å². The first-order chi connectivity index (χ1) is 6.22. The van der Waals surface area contributed by atoms with Crippen molar-refractivity contribution in [2.24, 2.45) is 0 Å². The summed E-state index contributed by atoms with van der Waals surface area (Å²) in [5.41, 5.74) is 1.26. The third kappa shape index (κ3) is 1.36. The number of hydrogen-bond acceptors (Lipinski definition) is 3. The van der Waals surface area contributed by atoms with Crippen LogP contribution in [-0.2, 0) is 6.54 Å². The van der Waals surface area contributed by atoms with E-state index in [0.29, 0.717) is 16.3 Å². The highest BCUT2D eigenvalue weighted by atomic mass is 35.5. The van der Waals surface area contributed by atoms with E-state index < -0.39 is 0 Å². The molecule has 0 bridgehead atoms. The zero-order valence-electron chi connectivity index (χ0n) is 6.83. The molecule has 2 heterocycles. The van der Waals surface area contributed by atoms with Crippen LogP contribution in [0.15, 0.2) is 6.33 Å². The highest BCUT2D eigenvalue weighted by Crippen LogP contribution is 2.20. The molecule has 0 aliphatic carbocycles. The second-order valence-corrected chi connectivity index (χ2v) is 3.18. The SMILES string of the molecule is CCn1cnc2c(Cl)nc(Cl)nc21. The second kappa shape index (κ2) is 3.12. The molecular weight excluding hydrogens is 211 g/mol. The van der Waals surface area contributed by atoms with Crippen molar-refractivity contribution in [3.63, 3.8) is 0 Å². The summed E-state index contributed by atoms with van der Waals surface area (Å²) in [6.45, 7) is 2.77. The Morgan fingerprint density at radius 3 is 2.85 bits per heavy atom. The van der Waals surface area contributed by atoms with Crippen molar-refractivity contribution in [1.82, 2.24) is 19.5 Å². The lowest BCUT2D eigenvalue weighted by Crippen LogP contribution is -1.94. The molecule has 0 atom stereocenters. The van der Waals surface area contributed by atoms with Gasteiger partial charge in [-0.1, -0.05) is 11.6 Å². The van der Waals surface area contributed by atoms with Gasteiger partial charge in [-0.15, -0.1) is 0 Å². The number of rotatable bonds is 1. The molecule has 0 unspecified atom stereocenters. The van der Waals surface area contributed by atoms with Crippen LogP contribution in [0.5, 0.6) is 0 Å². The van der Waals surface area contributed by atoms with Gasteiger partial charge >= 0.3 is 0 Å². The lowest BCUT2D eigenvalue weighted by atomic mass is 10.5. The molecule has 6 heteroatoms. The third-order valence-corrected chi connectivity index (χ3v) is 2.17. The molecule has 0 saturated heterocycles. The lowest BCUT2D eigenvalue weighted by molar-refractivity contribution is 0.777. The molecule has 0 spiro atoms. The minimum atomic E-state index is 0.146. The van der Waals surface area contributed by atoms with Gasteiger partial charge in [0.15, 0.2) is 10.8 Å². The Balaban J connectivity index is 2.82. The van der Waals surface area contributed by atoms with Crippen LogP contribution in [0, 0.1) is 0 Å². The van der Waals surface area contributed by atoms with Gasteiger partial charge in [-0.2, -0.15) is 4.98 Å². The number of fused-ring (bicyclic) bond motifs is 1. The molecule has 0 saturated carbocycles. The molecule has 2 aromatic rings. The Kier molecular flexibility index (Phi) is 2.09. The maximum atomic E-state index is 5.82. The lowest BCUT2D eigenvalue weighted by Gasteiger charge is -1.97. The van der Waals surface area contributed by atoms with E-state index in [4.69, 9.17) is 23.2 Å². The molecule has 0 aliphatic rings. The summed E-state index contributed by atoms with van der Waals surface area (Å²) < 4.78 is 1.86. The highest BCUT2D eigenvalue weighted by Gasteiger charge is 2.09. The normalized spacial score (nSPS) is 11.0. The van der Waals surface area contributed by atoms with Crippen LogP contribution >= 0.6 is 23.2 Å². The largest absolute Gasteiger partial charge is 0.315 e. The predicted octanol–water partition coefficient (Wildman–Crippen LogP) is 2.15. The van der Waals surface area contributed by atoms with E-state index >= 15 is 0 Å². The second-order valence-electron chi connectivity index (χ2n) is 2.49. The molecule has 0 fully saturated rings. The summed E-state index contributed by atoms with van der Waals surface area (Å²) in [4.78, 5) is 11.9. The van der Waals surface area contributed by atoms with Crippen molar-refractivity contribution >= 4 is 34.4 Å². The molecular formula is C7H6Cl2N4. The van der Waals surface area contributed by atoms with Crippen molar-refractivity contribution in [1.29, 1.82) is 0 Å². The minimum Gasteiger partial charge on any atom is -0.315 e. The van der Waals surface area contributed by atoms with Crippen LogP contribution in [0.4, 0.5) is 0 Å². The third-order valence-electron chi connectivity index (χ3n) is 1.73. The number of aryl methyl sites for hydroxylation is 1. The van der Waals surface area contributed by atoms with Crippen LogP contribution in [0.3, 0.4) is 0 Å². The fourth-order valence-electron chi connectivity index (χ4n) is 1.12. The topological polar surface area (TPSA) is 43.6 Å². The van der Waals surface area contributed by atoms with E-state index in [1.165, 1.54) is 0 Å². The summed E-state index contributed by atoms with van der Waals surface area (Å²) in [6, 6.07) is 0. The summed E-state index contributed by atoms with van der Waals surface area (Å²) in [5, 5.41) is 0.440.